The summed E-state index contributed by atoms with van der Waals surface area (Å²) in [5.41, 5.74) is 3.98. The molecule has 19 heavy (non-hydrogen) atoms. The second kappa shape index (κ2) is 6.78. The highest BCUT2D eigenvalue weighted by atomic mass is 32.2. The van der Waals surface area contributed by atoms with E-state index in [4.69, 9.17) is 0 Å². The smallest absolute Gasteiger partial charge is 0.0412 e. The fourth-order valence-corrected chi connectivity index (χ4v) is 3.01. The van der Waals surface area contributed by atoms with E-state index in [9.17, 15) is 0 Å². The van der Waals surface area contributed by atoms with Gasteiger partial charge in [-0.2, -0.15) is 0 Å². The van der Waals surface area contributed by atoms with Crippen LogP contribution in [-0.2, 0) is 0 Å². The Bertz CT molecular complexity index is 502. The maximum Gasteiger partial charge on any atom is 0.0412 e. The maximum atomic E-state index is 3.40. The van der Waals surface area contributed by atoms with Gasteiger partial charge in [0.15, 0.2) is 0 Å². The Hall–Kier alpha value is -1.25. The summed E-state index contributed by atoms with van der Waals surface area (Å²) in [4.78, 5) is 1.33. The predicted octanol–water partition coefficient (Wildman–Crippen LogP) is 4.36. The molecule has 0 aliphatic heterocycles. The van der Waals surface area contributed by atoms with Crippen LogP contribution in [0.3, 0.4) is 0 Å². The lowest BCUT2D eigenvalue weighted by atomic mass is 10.1. The highest BCUT2D eigenvalue weighted by Crippen LogP contribution is 2.25. The largest absolute Gasteiger partial charge is 0.312 e. The Labute approximate surface area is 120 Å². The molecule has 0 heterocycles. The molecule has 1 atom stereocenters. The molecule has 2 rings (SSSR count). The van der Waals surface area contributed by atoms with Crippen molar-refractivity contribution >= 4 is 11.8 Å². The average Bonchev–Trinajstić information content (AvgIpc) is 2.43. The fraction of sp³-hybridized carbons (Fsp3) is 0.294. The molecule has 0 amide bonds. The third-order valence-corrected chi connectivity index (χ3v) is 4.37. The van der Waals surface area contributed by atoms with Gasteiger partial charge in [-0.3, -0.25) is 0 Å². The number of thioether (sulfide) groups is 1. The number of aryl methyl sites for hydroxylation is 2. The molecule has 2 aromatic carbocycles. The SMILES string of the molecule is CNC(CSc1ccc(C)cc1)c1ccc(C)cc1. The third-order valence-electron chi connectivity index (χ3n) is 3.27. The zero-order valence-electron chi connectivity index (χ0n) is 11.8. The normalized spacial score (nSPS) is 12.4. The van der Waals surface area contributed by atoms with E-state index >= 15 is 0 Å². The summed E-state index contributed by atoms with van der Waals surface area (Å²) in [6, 6.07) is 17.9. The highest BCUT2D eigenvalue weighted by Gasteiger charge is 2.09. The number of benzene rings is 2. The zero-order valence-corrected chi connectivity index (χ0v) is 12.6. The van der Waals surface area contributed by atoms with Crippen molar-refractivity contribution in [1.29, 1.82) is 0 Å². The van der Waals surface area contributed by atoms with Gasteiger partial charge in [0.05, 0.1) is 0 Å². The van der Waals surface area contributed by atoms with E-state index in [1.807, 2.05) is 18.8 Å². The van der Waals surface area contributed by atoms with Crippen LogP contribution in [0.2, 0.25) is 0 Å². The van der Waals surface area contributed by atoms with Crippen LogP contribution in [-0.4, -0.2) is 12.8 Å². The van der Waals surface area contributed by atoms with Crippen molar-refractivity contribution in [3.05, 3.63) is 65.2 Å². The Balaban J connectivity index is 1.99. The molecular formula is C17H21NS. The highest BCUT2D eigenvalue weighted by molar-refractivity contribution is 7.99. The molecule has 0 spiro atoms. The van der Waals surface area contributed by atoms with Crippen LogP contribution in [0.15, 0.2) is 53.4 Å². The topological polar surface area (TPSA) is 12.0 Å². The summed E-state index contributed by atoms with van der Waals surface area (Å²) in [7, 11) is 2.03. The molecule has 0 aromatic heterocycles. The van der Waals surface area contributed by atoms with E-state index < -0.39 is 0 Å². The first-order chi connectivity index (χ1) is 9.19. The van der Waals surface area contributed by atoms with E-state index in [0.29, 0.717) is 6.04 Å². The Morgan fingerprint density at radius 3 is 1.95 bits per heavy atom. The molecule has 0 aliphatic carbocycles. The Morgan fingerprint density at radius 1 is 0.895 bits per heavy atom. The van der Waals surface area contributed by atoms with Crippen molar-refractivity contribution in [2.75, 3.05) is 12.8 Å². The fourth-order valence-electron chi connectivity index (χ4n) is 1.96. The molecule has 1 N–H and O–H groups in total. The summed E-state index contributed by atoms with van der Waals surface area (Å²) in [5.74, 6) is 1.04. The zero-order chi connectivity index (χ0) is 13.7. The first-order valence-electron chi connectivity index (χ1n) is 6.62. The molecule has 0 bridgehead atoms. The lowest BCUT2D eigenvalue weighted by molar-refractivity contribution is 0.661. The standard InChI is InChI=1S/C17H21NS/c1-13-4-8-15(9-5-13)17(18-3)12-19-16-10-6-14(2)7-11-16/h4-11,17-18H,12H2,1-3H3. The van der Waals surface area contributed by atoms with Crippen molar-refractivity contribution in [2.24, 2.45) is 0 Å². The minimum atomic E-state index is 0.395. The van der Waals surface area contributed by atoms with Crippen LogP contribution in [0.25, 0.3) is 0 Å². The number of rotatable bonds is 5. The van der Waals surface area contributed by atoms with Gasteiger partial charge in [0.25, 0.3) is 0 Å². The minimum Gasteiger partial charge on any atom is -0.312 e. The average molecular weight is 271 g/mol. The molecule has 0 fully saturated rings. The first-order valence-corrected chi connectivity index (χ1v) is 7.61. The molecule has 1 nitrogen and oxygen atoms in total. The number of hydrogen-bond donors (Lipinski definition) is 1. The lowest BCUT2D eigenvalue weighted by Gasteiger charge is -2.16. The van der Waals surface area contributed by atoms with Gasteiger partial charge in [-0.15, -0.1) is 11.8 Å². The second-order valence-electron chi connectivity index (χ2n) is 4.88. The van der Waals surface area contributed by atoms with Gasteiger partial charge in [0, 0.05) is 16.7 Å². The summed E-state index contributed by atoms with van der Waals surface area (Å²) >= 11 is 1.90. The summed E-state index contributed by atoms with van der Waals surface area (Å²) in [5, 5.41) is 3.40. The van der Waals surface area contributed by atoms with Crippen molar-refractivity contribution in [3.8, 4) is 0 Å². The quantitative estimate of drug-likeness (QED) is 0.811. The molecule has 100 valence electrons. The molecule has 0 saturated carbocycles. The van der Waals surface area contributed by atoms with Gasteiger partial charge in [0.2, 0.25) is 0 Å². The second-order valence-corrected chi connectivity index (χ2v) is 5.97. The van der Waals surface area contributed by atoms with Crippen molar-refractivity contribution in [3.63, 3.8) is 0 Å². The van der Waals surface area contributed by atoms with E-state index in [-0.39, 0.29) is 0 Å². The van der Waals surface area contributed by atoms with Crippen molar-refractivity contribution in [1.82, 2.24) is 5.32 Å². The summed E-state index contributed by atoms with van der Waals surface area (Å²) < 4.78 is 0. The van der Waals surface area contributed by atoms with E-state index in [2.05, 4.69) is 67.7 Å². The Morgan fingerprint density at radius 2 is 1.42 bits per heavy atom. The number of nitrogens with one attached hydrogen (secondary N) is 1. The van der Waals surface area contributed by atoms with Gasteiger partial charge in [0.1, 0.15) is 0 Å². The molecule has 2 heteroatoms. The molecule has 0 saturated heterocycles. The lowest BCUT2D eigenvalue weighted by Crippen LogP contribution is -2.18. The van der Waals surface area contributed by atoms with Gasteiger partial charge in [-0.05, 0) is 38.6 Å². The predicted molar refractivity (Wildman–Crippen MR) is 84.9 cm³/mol. The minimum absolute atomic E-state index is 0.395. The van der Waals surface area contributed by atoms with E-state index in [0.717, 1.165) is 5.75 Å². The van der Waals surface area contributed by atoms with Gasteiger partial charge < -0.3 is 5.32 Å². The monoisotopic (exact) mass is 271 g/mol. The molecule has 1 unspecified atom stereocenters. The maximum absolute atomic E-state index is 3.40. The van der Waals surface area contributed by atoms with Crippen LogP contribution < -0.4 is 5.32 Å². The summed E-state index contributed by atoms with van der Waals surface area (Å²) in [6.45, 7) is 4.25. The number of hydrogen-bond acceptors (Lipinski definition) is 2. The van der Waals surface area contributed by atoms with Crippen LogP contribution in [0, 0.1) is 13.8 Å². The third kappa shape index (κ3) is 4.12. The van der Waals surface area contributed by atoms with Crippen LogP contribution in [0.1, 0.15) is 22.7 Å². The van der Waals surface area contributed by atoms with Crippen LogP contribution >= 0.6 is 11.8 Å². The molecule has 0 aliphatic rings. The Kier molecular flexibility index (Phi) is 5.06. The molecular weight excluding hydrogens is 250 g/mol. The van der Waals surface area contributed by atoms with Crippen molar-refractivity contribution in [2.45, 2.75) is 24.8 Å². The van der Waals surface area contributed by atoms with Crippen molar-refractivity contribution < 1.29 is 0 Å². The van der Waals surface area contributed by atoms with Crippen LogP contribution in [0.5, 0.6) is 0 Å². The van der Waals surface area contributed by atoms with Gasteiger partial charge in [-0.25, -0.2) is 0 Å². The molecule has 0 radical (unpaired) electrons. The molecule has 2 aromatic rings. The van der Waals surface area contributed by atoms with Gasteiger partial charge in [-0.1, -0.05) is 47.5 Å². The van der Waals surface area contributed by atoms with Crippen LogP contribution in [0.4, 0.5) is 0 Å². The van der Waals surface area contributed by atoms with Gasteiger partial charge >= 0.3 is 0 Å². The van der Waals surface area contributed by atoms with E-state index in [1.54, 1.807) is 0 Å². The summed E-state index contributed by atoms with van der Waals surface area (Å²) in [6.07, 6.45) is 0. The van der Waals surface area contributed by atoms with E-state index in [1.165, 1.54) is 21.6 Å². The first kappa shape index (κ1) is 14.2.